The van der Waals surface area contributed by atoms with Crippen molar-refractivity contribution < 1.29 is 81.4 Å². The van der Waals surface area contributed by atoms with Crippen LogP contribution in [0.25, 0.3) is 0 Å². The minimum absolute atomic E-state index is 0.330. The van der Waals surface area contributed by atoms with E-state index < -0.39 is 115 Å². The van der Waals surface area contributed by atoms with Gasteiger partial charge in [0.25, 0.3) is 0 Å². The maximum absolute atomic E-state index is 11.2. The van der Waals surface area contributed by atoms with Crippen LogP contribution < -0.4 is 0 Å². The first-order chi connectivity index (χ1) is 18.1. The number of carboxylic acids is 1. The lowest BCUT2D eigenvalue weighted by Gasteiger charge is -2.45. The molecule has 3 heterocycles. The second-order valence-electron chi connectivity index (χ2n) is 9.53. The molecule has 0 amide bonds. The summed E-state index contributed by atoms with van der Waals surface area (Å²) in [6, 6.07) is 0. The van der Waals surface area contributed by atoms with E-state index >= 15 is 0 Å². The number of hydrogen-bond donors (Lipinski definition) is 8. The molecule has 3 aliphatic rings. The molecule has 0 saturated carbocycles. The third-order valence-corrected chi connectivity index (χ3v) is 7.33. The molecule has 0 aromatic rings. The smallest absolute Gasteiger partial charge is 0.397 e. The van der Waals surface area contributed by atoms with Crippen molar-refractivity contribution in [1.29, 1.82) is 0 Å². The van der Waals surface area contributed by atoms with Crippen LogP contribution in [0.2, 0.25) is 0 Å². The zero-order valence-corrected chi connectivity index (χ0v) is 21.7. The summed E-state index contributed by atoms with van der Waals surface area (Å²) in [6.07, 6.45) is -15.3. The number of carboxylic acid groups (broad SMARTS) is 1. The summed E-state index contributed by atoms with van der Waals surface area (Å²) in [6.45, 7) is 1.62. The summed E-state index contributed by atoms with van der Waals surface area (Å²) >= 11 is 0. The Morgan fingerprint density at radius 1 is 0.897 bits per heavy atom. The van der Waals surface area contributed by atoms with E-state index in [1.807, 2.05) is 0 Å². The number of ether oxygens (including phenoxy) is 5. The minimum Gasteiger partial charge on any atom is -0.475 e. The summed E-state index contributed by atoms with van der Waals surface area (Å²) < 4.78 is 63.0. The van der Waals surface area contributed by atoms with Gasteiger partial charge in [0.2, 0.25) is 12.0 Å². The lowest BCUT2D eigenvalue weighted by molar-refractivity contribution is -0.300. The molecule has 0 aromatic carbocycles. The number of aliphatic hydroxyl groups is 6. The van der Waals surface area contributed by atoms with Gasteiger partial charge in [-0.05, 0) is 19.9 Å². The van der Waals surface area contributed by atoms with Gasteiger partial charge in [-0.15, -0.1) is 0 Å². The first kappa shape index (κ1) is 32.0. The van der Waals surface area contributed by atoms with E-state index in [0.717, 1.165) is 6.08 Å². The minimum atomic E-state index is -5.07. The van der Waals surface area contributed by atoms with E-state index in [-0.39, 0.29) is 6.61 Å². The first-order valence-corrected chi connectivity index (χ1v) is 13.3. The van der Waals surface area contributed by atoms with Crippen LogP contribution in [0.3, 0.4) is 0 Å². The molecule has 2 saturated heterocycles. The highest BCUT2D eigenvalue weighted by molar-refractivity contribution is 7.80. The third-order valence-electron chi connectivity index (χ3n) is 6.87. The number of rotatable bonds is 10. The molecule has 3 rings (SSSR count). The van der Waals surface area contributed by atoms with Crippen LogP contribution in [0.15, 0.2) is 11.8 Å². The van der Waals surface area contributed by atoms with E-state index in [1.165, 1.54) is 6.92 Å². The van der Waals surface area contributed by atoms with Gasteiger partial charge in [0.05, 0.1) is 38.1 Å². The number of hydrogen-bond acceptors (Lipinski definition) is 15. The fourth-order valence-corrected chi connectivity index (χ4v) is 5.18. The van der Waals surface area contributed by atoms with Crippen LogP contribution >= 0.6 is 0 Å². The van der Waals surface area contributed by atoms with Gasteiger partial charge in [0.15, 0.2) is 6.29 Å². The van der Waals surface area contributed by atoms with E-state index in [2.05, 4.69) is 4.18 Å². The van der Waals surface area contributed by atoms with Crippen molar-refractivity contribution in [2.45, 2.75) is 81.4 Å². The van der Waals surface area contributed by atoms with Crippen LogP contribution in [0.5, 0.6) is 0 Å². The quantitative estimate of drug-likeness (QED) is 0.113. The van der Waals surface area contributed by atoms with Gasteiger partial charge in [-0.3, -0.25) is 4.55 Å². The van der Waals surface area contributed by atoms with Crippen LogP contribution in [0.1, 0.15) is 13.8 Å². The Hall–Kier alpha value is -1.52. The molecular formula is C21H34O17S. The fourth-order valence-electron chi connectivity index (χ4n) is 4.67. The van der Waals surface area contributed by atoms with Crippen molar-refractivity contribution in [2.24, 2.45) is 11.8 Å². The first-order valence-electron chi connectivity index (χ1n) is 12.0. The summed E-state index contributed by atoms with van der Waals surface area (Å²) in [5.41, 5.74) is 0. The normalized spacial score (nSPS) is 43.4. The Morgan fingerprint density at radius 2 is 1.51 bits per heavy atom. The van der Waals surface area contributed by atoms with Gasteiger partial charge in [-0.1, -0.05) is 0 Å². The predicted octanol–water partition coefficient (Wildman–Crippen LogP) is -3.91. The van der Waals surface area contributed by atoms with Gasteiger partial charge in [0, 0.05) is 11.8 Å². The highest BCUT2D eigenvalue weighted by Gasteiger charge is 2.49. The van der Waals surface area contributed by atoms with E-state index in [0.29, 0.717) is 0 Å². The molecule has 17 nitrogen and oxygen atoms in total. The number of aliphatic hydroxyl groups excluding tert-OH is 6. The number of aliphatic carboxylic acids is 1. The topological polar surface area (TPSA) is 268 Å². The highest BCUT2D eigenvalue weighted by Crippen LogP contribution is 2.34. The molecule has 0 spiro atoms. The summed E-state index contributed by atoms with van der Waals surface area (Å²) in [5.74, 6) is -3.82. The Morgan fingerprint density at radius 3 is 2.10 bits per heavy atom. The van der Waals surface area contributed by atoms with Crippen molar-refractivity contribution in [2.75, 3.05) is 19.8 Å². The average molecular weight is 591 g/mol. The van der Waals surface area contributed by atoms with Crippen molar-refractivity contribution >= 4 is 16.4 Å². The molecule has 8 N–H and O–H groups in total. The molecule has 226 valence electrons. The Kier molecular flexibility index (Phi) is 10.7. The number of carbonyl (C=O) groups is 1. The Bertz CT molecular complexity index is 973. The maximum Gasteiger partial charge on any atom is 0.397 e. The zero-order chi connectivity index (χ0) is 29.2. The molecular weight excluding hydrogens is 556 g/mol. The maximum atomic E-state index is 11.2. The van der Waals surface area contributed by atoms with Crippen molar-refractivity contribution in [3.05, 3.63) is 11.8 Å². The molecule has 39 heavy (non-hydrogen) atoms. The van der Waals surface area contributed by atoms with E-state index in [1.54, 1.807) is 6.92 Å². The second kappa shape index (κ2) is 13.0. The second-order valence-corrected chi connectivity index (χ2v) is 10.6. The van der Waals surface area contributed by atoms with Crippen LogP contribution in [0.4, 0.5) is 0 Å². The van der Waals surface area contributed by atoms with Gasteiger partial charge in [-0.25, -0.2) is 8.98 Å². The SMILES string of the molecule is CC1OC(CO)[C@@H](O)C(CO[C@@H]2OC(C)[C@@H](O)C(OS(=O)(=O)O)C2O)C1CO[C@@H]1OC(C(=O)O)=CC(O)C1O. The zero-order valence-electron chi connectivity index (χ0n) is 20.9. The molecule has 9 unspecified atom stereocenters. The standard InChI is InChI=1S/C21H34O17S/c1-7-9(5-33-20-16(26)11(23)3-12(37-20)19(28)29)10(15(25)13(4-22)35-7)6-34-21-17(27)18(38-39(30,31)32)14(24)8(2)36-21/h3,7-11,13-18,20-27H,4-6H2,1-2H3,(H,28,29)(H,30,31,32)/t7?,8?,9?,10?,11?,13?,14-,15+,16?,17?,18?,20-,21-/m1/s1. The summed E-state index contributed by atoms with van der Waals surface area (Å²) in [4.78, 5) is 11.2. The van der Waals surface area contributed by atoms with Crippen molar-refractivity contribution in [1.82, 2.24) is 0 Å². The van der Waals surface area contributed by atoms with Gasteiger partial charge < -0.3 is 59.4 Å². The average Bonchev–Trinajstić information content (AvgIpc) is 2.85. The summed E-state index contributed by atoms with van der Waals surface area (Å²) in [5, 5.41) is 70.4. The highest BCUT2D eigenvalue weighted by atomic mass is 32.3. The van der Waals surface area contributed by atoms with Crippen LogP contribution in [-0.4, -0.2) is 142 Å². The monoisotopic (exact) mass is 590 g/mol. The molecule has 18 heteroatoms. The summed E-state index contributed by atoms with van der Waals surface area (Å²) in [7, 11) is -5.07. The molecule has 13 atom stereocenters. The largest absolute Gasteiger partial charge is 0.475 e. The molecule has 0 aliphatic carbocycles. The van der Waals surface area contributed by atoms with E-state index in [4.69, 9.17) is 33.3 Å². The Labute approximate surface area is 223 Å². The molecule has 3 aliphatic heterocycles. The third kappa shape index (κ3) is 7.61. The van der Waals surface area contributed by atoms with Gasteiger partial charge >= 0.3 is 16.4 Å². The van der Waals surface area contributed by atoms with Gasteiger partial charge in [-0.2, -0.15) is 8.42 Å². The molecule has 0 radical (unpaired) electrons. The predicted molar refractivity (Wildman–Crippen MR) is 122 cm³/mol. The molecule has 0 bridgehead atoms. The Balaban J connectivity index is 1.73. The van der Waals surface area contributed by atoms with Gasteiger partial charge in [0.1, 0.15) is 36.6 Å². The lowest BCUT2D eigenvalue weighted by Crippen LogP contribution is -2.60. The van der Waals surface area contributed by atoms with Crippen LogP contribution in [0, 0.1) is 11.8 Å². The van der Waals surface area contributed by atoms with Crippen molar-refractivity contribution in [3.8, 4) is 0 Å². The lowest BCUT2D eigenvalue weighted by atomic mass is 9.80. The van der Waals surface area contributed by atoms with Crippen LogP contribution in [-0.2, 0) is 43.1 Å². The molecule has 2 fully saturated rings. The van der Waals surface area contributed by atoms with E-state index in [9.17, 15) is 43.9 Å². The fraction of sp³-hybridized carbons (Fsp3) is 0.857. The molecule has 0 aromatic heterocycles. The van der Waals surface area contributed by atoms with Crippen molar-refractivity contribution in [3.63, 3.8) is 0 Å².